The Morgan fingerprint density at radius 3 is 3.07 bits per heavy atom. The predicted octanol–water partition coefficient (Wildman–Crippen LogP) is 0.601. The minimum atomic E-state index is -0.674. The van der Waals surface area contributed by atoms with Crippen molar-refractivity contribution in [3.63, 3.8) is 0 Å². The maximum absolute atomic E-state index is 11.0. The Morgan fingerprint density at radius 1 is 1.57 bits per heavy atom. The van der Waals surface area contributed by atoms with E-state index in [0.29, 0.717) is 0 Å². The zero-order chi connectivity index (χ0) is 10.1. The second-order valence-electron chi connectivity index (χ2n) is 3.82. The first-order valence-electron chi connectivity index (χ1n) is 4.87. The van der Waals surface area contributed by atoms with Gasteiger partial charge in [0, 0.05) is 12.0 Å². The topological polar surface area (TPSA) is 55.8 Å². The molecule has 1 saturated heterocycles. The van der Waals surface area contributed by atoms with Crippen molar-refractivity contribution in [2.75, 3.05) is 0 Å². The van der Waals surface area contributed by atoms with Gasteiger partial charge in [-0.15, -0.1) is 0 Å². The van der Waals surface area contributed by atoms with Gasteiger partial charge >= 0.3 is 5.97 Å². The minimum Gasteiger partial charge on any atom is -0.456 e. The summed E-state index contributed by atoms with van der Waals surface area (Å²) in [4.78, 5) is 11.0. The van der Waals surface area contributed by atoms with Crippen LogP contribution in [0, 0.1) is 5.92 Å². The Kier molecular flexibility index (Phi) is 2.56. The SMILES string of the molecule is C=CC(=O)OC1CCC2CC1OC2O. The third-order valence-corrected chi connectivity index (χ3v) is 2.92. The van der Waals surface area contributed by atoms with E-state index in [1.807, 2.05) is 0 Å². The number of rotatable bonds is 2. The Labute approximate surface area is 82.5 Å². The van der Waals surface area contributed by atoms with Crippen LogP contribution in [0.25, 0.3) is 0 Å². The molecule has 0 amide bonds. The monoisotopic (exact) mass is 198 g/mol. The van der Waals surface area contributed by atoms with E-state index in [2.05, 4.69) is 6.58 Å². The van der Waals surface area contributed by atoms with Crippen molar-refractivity contribution in [1.82, 2.24) is 0 Å². The molecule has 1 heterocycles. The van der Waals surface area contributed by atoms with Gasteiger partial charge in [-0.1, -0.05) is 6.58 Å². The molecule has 0 radical (unpaired) electrons. The highest BCUT2D eigenvalue weighted by Crippen LogP contribution is 2.38. The van der Waals surface area contributed by atoms with Crippen LogP contribution in [-0.4, -0.2) is 29.6 Å². The molecule has 0 aromatic carbocycles. The van der Waals surface area contributed by atoms with Crippen molar-refractivity contribution in [3.8, 4) is 0 Å². The van der Waals surface area contributed by atoms with Gasteiger partial charge in [0.2, 0.25) is 0 Å². The fourth-order valence-corrected chi connectivity index (χ4v) is 2.16. The molecule has 1 saturated carbocycles. The highest BCUT2D eigenvalue weighted by atomic mass is 16.6. The smallest absolute Gasteiger partial charge is 0.330 e. The van der Waals surface area contributed by atoms with Gasteiger partial charge in [-0.25, -0.2) is 4.79 Å². The molecule has 1 aliphatic heterocycles. The number of hydrogen-bond acceptors (Lipinski definition) is 4. The fourth-order valence-electron chi connectivity index (χ4n) is 2.16. The Bertz CT molecular complexity index is 249. The number of carbonyl (C=O) groups is 1. The van der Waals surface area contributed by atoms with E-state index < -0.39 is 12.3 Å². The Morgan fingerprint density at radius 2 is 2.36 bits per heavy atom. The normalized spacial score (nSPS) is 40.6. The number of ether oxygens (including phenoxy) is 2. The van der Waals surface area contributed by atoms with Crippen LogP contribution in [0.15, 0.2) is 12.7 Å². The fraction of sp³-hybridized carbons (Fsp3) is 0.700. The van der Waals surface area contributed by atoms with Gasteiger partial charge in [0.1, 0.15) is 6.10 Å². The zero-order valence-corrected chi connectivity index (χ0v) is 7.89. The van der Waals surface area contributed by atoms with Crippen LogP contribution in [0.1, 0.15) is 19.3 Å². The highest BCUT2D eigenvalue weighted by Gasteiger charge is 2.43. The second kappa shape index (κ2) is 3.71. The number of carbonyl (C=O) groups excluding carboxylic acids is 1. The number of fused-ring (bicyclic) bond motifs is 2. The summed E-state index contributed by atoms with van der Waals surface area (Å²) in [7, 11) is 0. The molecule has 1 aliphatic carbocycles. The molecular weight excluding hydrogens is 184 g/mol. The van der Waals surface area contributed by atoms with Gasteiger partial charge in [-0.05, 0) is 19.3 Å². The second-order valence-corrected chi connectivity index (χ2v) is 3.82. The van der Waals surface area contributed by atoms with E-state index in [4.69, 9.17) is 9.47 Å². The lowest BCUT2D eigenvalue weighted by Crippen LogP contribution is -2.33. The lowest BCUT2D eigenvalue weighted by atomic mass is 9.88. The molecule has 4 atom stereocenters. The van der Waals surface area contributed by atoms with Crippen LogP contribution in [0.2, 0.25) is 0 Å². The summed E-state index contributed by atoms with van der Waals surface area (Å²) in [5.41, 5.74) is 0. The van der Waals surface area contributed by atoms with Gasteiger partial charge in [-0.3, -0.25) is 0 Å². The van der Waals surface area contributed by atoms with Crippen molar-refractivity contribution in [1.29, 1.82) is 0 Å². The van der Waals surface area contributed by atoms with Crippen LogP contribution in [-0.2, 0) is 14.3 Å². The van der Waals surface area contributed by atoms with Crippen LogP contribution < -0.4 is 0 Å². The first-order valence-corrected chi connectivity index (χ1v) is 4.87. The molecule has 2 aliphatic rings. The molecule has 4 unspecified atom stereocenters. The molecule has 0 aromatic rings. The van der Waals surface area contributed by atoms with Crippen molar-refractivity contribution in [2.45, 2.75) is 37.8 Å². The van der Waals surface area contributed by atoms with E-state index in [1.165, 1.54) is 0 Å². The van der Waals surface area contributed by atoms with Crippen molar-refractivity contribution >= 4 is 5.97 Å². The van der Waals surface area contributed by atoms with E-state index >= 15 is 0 Å². The van der Waals surface area contributed by atoms with Crippen molar-refractivity contribution in [2.24, 2.45) is 5.92 Å². The average Bonchev–Trinajstić information content (AvgIpc) is 2.48. The summed E-state index contributed by atoms with van der Waals surface area (Å²) in [6, 6.07) is 0. The van der Waals surface area contributed by atoms with Crippen molar-refractivity contribution < 1.29 is 19.4 Å². The molecule has 14 heavy (non-hydrogen) atoms. The van der Waals surface area contributed by atoms with Crippen molar-refractivity contribution in [3.05, 3.63) is 12.7 Å². The molecule has 2 bridgehead atoms. The third-order valence-electron chi connectivity index (χ3n) is 2.92. The molecule has 4 heteroatoms. The maximum atomic E-state index is 11.0. The van der Waals surface area contributed by atoms with Gasteiger partial charge in [0.05, 0.1) is 6.10 Å². The van der Waals surface area contributed by atoms with Gasteiger partial charge in [0.15, 0.2) is 6.29 Å². The van der Waals surface area contributed by atoms with Crippen LogP contribution in [0.3, 0.4) is 0 Å². The summed E-state index contributed by atoms with van der Waals surface area (Å²) in [6.07, 6.45) is 2.54. The molecule has 2 fully saturated rings. The average molecular weight is 198 g/mol. The molecule has 78 valence electrons. The summed E-state index contributed by atoms with van der Waals surface area (Å²) in [6.45, 7) is 3.34. The number of aliphatic hydroxyl groups is 1. The largest absolute Gasteiger partial charge is 0.456 e. The predicted molar refractivity (Wildman–Crippen MR) is 48.3 cm³/mol. The molecule has 0 aromatic heterocycles. The van der Waals surface area contributed by atoms with Crippen LogP contribution >= 0.6 is 0 Å². The molecular formula is C10H14O4. The van der Waals surface area contributed by atoms with Crippen LogP contribution in [0.5, 0.6) is 0 Å². The molecule has 4 nitrogen and oxygen atoms in total. The van der Waals surface area contributed by atoms with E-state index in [0.717, 1.165) is 25.3 Å². The summed E-state index contributed by atoms with van der Waals surface area (Å²) in [5.74, 6) is -0.197. The Hall–Kier alpha value is -0.870. The first kappa shape index (κ1) is 9.68. The van der Waals surface area contributed by atoms with E-state index in [9.17, 15) is 9.90 Å². The lowest BCUT2D eigenvalue weighted by Gasteiger charge is -2.25. The highest BCUT2D eigenvalue weighted by molar-refractivity contribution is 5.81. The molecule has 2 rings (SSSR count). The van der Waals surface area contributed by atoms with Gasteiger partial charge in [0.25, 0.3) is 0 Å². The maximum Gasteiger partial charge on any atom is 0.330 e. The van der Waals surface area contributed by atoms with Gasteiger partial charge < -0.3 is 14.6 Å². The third kappa shape index (κ3) is 1.67. The van der Waals surface area contributed by atoms with E-state index in [1.54, 1.807) is 0 Å². The van der Waals surface area contributed by atoms with Gasteiger partial charge in [-0.2, -0.15) is 0 Å². The number of esters is 1. The number of aliphatic hydroxyl groups excluding tert-OH is 1. The quantitative estimate of drug-likeness (QED) is 0.521. The zero-order valence-electron chi connectivity index (χ0n) is 7.89. The summed E-state index contributed by atoms with van der Waals surface area (Å²) >= 11 is 0. The number of hydrogen-bond donors (Lipinski definition) is 1. The first-order chi connectivity index (χ1) is 6.70. The summed E-state index contributed by atoms with van der Waals surface area (Å²) in [5, 5.41) is 9.43. The lowest BCUT2D eigenvalue weighted by molar-refractivity contribution is -0.158. The Balaban J connectivity index is 1.95. The summed E-state index contributed by atoms with van der Waals surface area (Å²) < 4.78 is 10.4. The molecule has 0 spiro atoms. The van der Waals surface area contributed by atoms with Crippen LogP contribution in [0.4, 0.5) is 0 Å². The minimum absolute atomic E-state index is 0.132. The van der Waals surface area contributed by atoms with E-state index in [-0.39, 0.29) is 18.1 Å². The molecule has 1 N–H and O–H groups in total. The standard InChI is InChI=1S/C10H14O4/c1-2-9(11)13-7-4-3-6-5-8(7)14-10(6)12/h2,6-8,10,12H,1,3-5H2.